The Morgan fingerprint density at radius 3 is 0.900 bits per heavy atom. The molecule has 0 saturated heterocycles. The molecule has 0 aromatic carbocycles. The standard InChI is InChI=1S/C9H16.C6H12.C5H10/c1-7-3-9(4-7)5-8(2)6-9;1-5-3-6(2)4-5;1-4-3-5(4)2/h7-8H,3-6H2,1-2H3;5-6H,3-4H2,1-2H3;4-5H,3H2,1-2H3. The molecule has 4 fully saturated rings. The van der Waals surface area contributed by atoms with E-state index >= 15 is 0 Å². The lowest BCUT2D eigenvalue weighted by Gasteiger charge is -2.56. The molecule has 4 aliphatic rings. The highest BCUT2D eigenvalue weighted by molar-refractivity contribution is 5.00. The van der Waals surface area contributed by atoms with Crippen molar-refractivity contribution in [3.8, 4) is 0 Å². The highest BCUT2D eigenvalue weighted by Gasteiger charge is 2.49. The largest absolute Gasteiger partial charge is 0.0625 e. The topological polar surface area (TPSA) is 0 Å². The van der Waals surface area contributed by atoms with E-state index in [9.17, 15) is 0 Å². The van der Waals surface area contributed by atoms with Crippen LogP contribution in [0.3, 0.4) is 0 Å². The molecule has 0 radical (unpaired) electrons. The van der Waals surface area contributed by atoms with Crippen molar-refractivity contribution in [3.05, 3.63) is 0 Å². The molecule has 4 rings (SSSR count). The van der Waals surface area contributed by atoms with Crippen molar-refractivity contribution in [2.24, 2.45) is 40.9 Å². The van der Waals surface area contributed by atoms with Gasteiger partial charge in [0.15, 0.2) is 0 Å². The van der Waals surface area contributed by atoms with Gasteiger partial charge in [-0.2, -0.15) is 0 Å². The van der Waals surface area contributed by atoms with E-state index in [1.165, 1.54) is 44.9 Å². The molecule has 4 aliphatic carbocycles. The van der Waals surface area contributed by atoms with E-state index in [1.54, 1.807) is 0 Å². The smallest absolute Gasteiger partial charge is 0.0287 e. The third-order valence-electron chi connectivity index (χ3n) is 6.25. The van der Waals surface area contributed by atoms with Gasteiger partial charge in [-0.25, -0.2) is 0 Å². The Hall–Kier alpha value is 0. The van der Waals surface area contributed by atoms with E-state index in [2.05, 4.69) is 41.5 Å². The molecule has 1 spiro atoms. The van der Waals surface area contributed by atoms with Crippen LogP contribution in [0.4, 0.5) is 0 Å². The van der Waals surface area contributed by atoms with E-state index < -0.39 is 0 Å². The summed E-state index contributed by atoms with van der Waals surface area (Å²) in [6.07, 6.45) is 10.6. The van der Waals surface area contributed by atoms with Crippen LogP contribution in [0.15, 0.2) is 0 Å². The number of hydrogen-bond donors (Lipinski definition) is 0. The third-order valence-corrected chi connectivity index (χ3v) is 6.25. The van der Waals surface area contributed by atoms with E-state index in [0.29, 0.717) is 0 Å². The van der Waals surface area contributed by atoms with Crippen LogP contribution < -0.4 is 0 Å². The monoisotopic (exact) mass is 278 g/mol. The van der Waals surface area contributed by atoms with Gasteiger partial charge in [-0.1, -0.05) is 41.5 Å². The Morgan fingerprint density at radius 2 is 0.800 bits per heavy atom. The first kappa shape index (κ1) is 16.4. The first-order valence-electron chi connectivity index (χ1n) is 9.29. The Morgan fingerprint density at radius 1 is 0.500 bits per heavy atom. The molecule has 2 unspecified atom stereocenters. The molecule has 0 aromatic heterocycles. The summed E-state index contributed by atoms with van der Waals surface area (Å²) in [4.78, 5) is 0. The fourth-order valence-electron chi connectivity index (χ4n) is 4.98. The molecular formula is C20H38. The van der Waals surface area contributed by atoms with Gasteiger partial charge in [-0.15, -0.1) is 0 Å². The average molecular weight is 279 g/mol. The van der Waals surface area contributed by atoms with Crippen LogP contribution in [0.25, 0.3) is 0 Å². The summed E-state index contributed by atoms with van der Waals surface area (Å²) in [6, 6.07) is 0. The maximum absolute atomic E-state index is 2.38. The summed E-state index contributed by atoms with van der Waals surface area (Å²) < 4.78 is 0. The minimum Gasteiger partial charge on any atom is -0.0625 e. The maximum Gasteiger partial charge on any atom is -0.0287 e. The molecule has 0 amide bonds. The Kier molecular flexibility index (Phi) is 5.24. The molecule has 20 heavy (non-hydrogen) atoms. The zero-order valence-corrected chi connectivity index (χ0v) is 14.9. The van der Waals surface area contributed by atoms with E-state index in [4.69, 9.17) is 0 Å². The normalized spacial score (nSPS) is 51.3. The molecular weight excluding hydrogens is 240 g/mol. The molecule has 0 N–H and O–H groups in total. The van der Waals surface area contributed by atoms with Gasteiger partial charge in [0.1, 0.15) is 0 Å². The van der Waals surface area contributed by atoms with Crippen LogP contribution >= 0.6 is 0 Å². The van der Waals surface area contributed by atoms with Gasteiger partial charge in [-0.3, -0.25) is 0 Å². The number of hydrogen-bond acceptors (Lipinski definition) is 0. The van der Waals surface area contributed by atoms with Crippen LogP contribution in [0.2, 0.25) is 0 Å². The highest BCUT2D eigenvalue weighted by Crippen LogP contribution is 2.60. The molecule has 0 bridgehead atoms. The maximum atomic E-state index is 2.38. The van der Waals surface area contributed by atoms with Crippen LogP contribution in [0.1, 0.15) is 86.5 Å². The van der Waals surface area contributed by atoms with Crippen LogP contribution in [0, 0.1) is 40.9 Å². The molecule has 4 saturated carbocycles. The van der Waals surface area contributed by atoms with Crippen molar-refractivity contribution in [3.63, 3.8) is 0 Å². The summed E-state index contributed by atoms with van der Waals surface area (Å²) in [5, 5.41) is 0. The fraction of sp³-hybridized carbons (Fsp3) is 1.00. The molecule has 0 heterocycles. The van der Waals surface area contributed by atoms with Crippen molar-refractivity contribution in [2.45, 2.75) is 86.5 Å². The quantitative estimate of drug-likeness (QED) is 0.471. The predicted octanol–water partition coefficient (Wildman–Crippen LogP) is 6.55. The van der Waals surface area contributed by atoms with Gasteiger partial charge < -0.3 is 0 Å². The summed E-state index contributed by atoms with van der Waals surface area (Å²) in [7, 11) is 0. The van der Waals surface area contributed by atoms with E-state index in [0.717, 1.165) is 40.9 Å². The van der Waals surface area contributed by atoms with E-state index in [1.807, 2.05) is 0 Å². The van der Waals surface area contributed by atoms with Gasteiger partial charge >= 0.3 is 0 Å². The lowest BCUT2D eigenvalue weighted by molar-refractivity contribution is -0.0549. The second-order valence-corrected chi connectivity index (χ2v) is 9.40. The van der Waals surface area contributed by atoms with Crippen molar-refractivity contribution in [1.29, 1.82) is 0 Å². The van der Waals surface area contributed by atoms with Gasteiger partial charge in [0, 0.05) is 0 Å². The Bertz CT molecular complexity index is 256. The third kappa shape index (κ3) is 4.50. The van der Waals surface area contributed by atoms with E-state index in [-0.39, 0.29) is 0 Å². The first-order chi connectivity index (χ1) is 9.29. The van der Waals surface area contributed by atoms with Crippen molar-refractivity contribution in [2.75, 3.05) is 0 Å². The fourth-order valence-corrected chi connectivity index (χ4v) is 4.98. The lowest BCUT2D eigenvalue weighted by atomic mass is 9.49. The van der Waals surface area contributed by atoms with Gasteiger partial charge in [0.25, 0.3) is 0 Å². The molecule has 118 valence electrons. The predicted molar refractivity (Wildman–Crippen MR) is 89.7 cm³/mol. The van der Waals surface area contributed by atoms with Crippen molar-refractivity contribution >= 4 is 0 Å². The molecule has 2 atom stereocenters. The zero-order valence-electron chi connectivity index (χ0n) is 14.9. The minimum absolute atomic E-state index is 0.888. The summed E-state index contributed by atoms with van der Waals surface area (Å²) in [5.41, 5.74) is 0.888. The van der Waals surface area contributed by atoms with Crippen LogP contribution in [-0.2, 0) is 0 Å². The zero-order chi connectivity index (χ0) is 14.9. The lowest BCUT2D eigenvalue weighted by Crippen LogP contribution is -2.45. The van der Waals surface area contributed by atoms with Gasteiger partial charge in [0.2, 0.25) is 0 Å². The molecule has 0 aromatic rings. The molecule has 0 heteroatoms. The summed E-state index contributed by atoms with van der Waals surface area (Å²) in [5.74, 6) is 6.29. The Balaban J connectivity index is 0.000000117. The summed E-state index contributed by atoms with van der Waals surface area (Å²) in [6.45, 7) is 14.0. The van der Waals surface area contributed by atoms with Gasteiger partial charge in [-0.05, 0) is 85.9 Å². The van der Waals surface area contributed by atoms with Crippen molar-refractivity contribution in [1.82, 2.24) is 0 Å². The van der Waals surface area contributed by atoms with Crippen LogP contribution in [0.5, 0.6) is 0 Å². The average Bonchev–Trinajstić information content (AvgIpc) is 2.88. The number of rotatable bonds is 0. The van der Waals surface area contributed by atoms with Gasteiger partial charge in [0.05, 0.1) is 0 Å². The molecule has 0 nitrogen and oxygen atoms in total. The van der Waals surface area contributed by atoms with Crippen molar-refractivity contribution < 1.29 is 0 Å². The second-order valence-electron chi connectivity index (χ2n) is 9.40. The summed E-state index contributed by atoms with van der Waals surface area (Å²) >= 11 is 0. The SMILES string of the molecule is CC1CC(C)C1.CC1CC1C.CC1CC2(C1)CC(C)C2. The second kappa shape index (κ2) is 6.41. The molecule has 0 aliphatic heterocycles. The highest BCUT2D eigenvalue weighted by atomic mass is 14.5. The Labute approximate surface area is 128 Å². The minimum atomic E-state index is 0.888. The van der Waals surface area contributed by atoms with Crippen LogP contribution in [-0.4, -0.2) is 0 Å². The first-order valence-corrected chi connectivity index (χ1v) is 9.29.